The van der Waals surface area contributed by atoms with E-state index in [1.807, 2.05) is 49.5 Å². The molecule has 1 aliphatic rings. The van der Waals surface area contributed by atoms with Crippen LogP contribution in [0.2, 0.25) is 0 Å². The fraction of sp³-hybridized carbons (Fsp3) is 0.417. The van der Waals surface area contributed by atoms with Crippen LogP contribution in [0.5, 0.6) is 11.5 Å². The van der Waals surface area contributed by atoms with Crippen LogP contribution >= 0.6 is 24.0 Å². The molecule has 1 amide bonds. The van der Waals surface area contributed by atoms with Gasteiger partial charge in [-0.1, -0.05) is 12.1 Å². The molecule has 0 spiro atoms. The summed E-state index contributed by atoms with van der Waals surface area (Å²) in [5.41, 5.74) is 2.88. The number of carbonyl (C=O) groups is 1. The molecule has 180 valence electrons. The zero-order chi connectivity index (χ0) is 22.9. The Balaban J connectivity index is 0.00000385. The number of hydrogen-bond donors (Lipinski definition) is 2. The van der Waals surface area contributed by atoms with Crippen molar-refractivity contribution in [1.29, 1.82) is 0 Å². The van der Waals surface area contributed by atoms with Crippen molar-refractivity contribution in [3.63, 3.8) is 0 Å². The molecule has 8 nitrogen and oxygen atoms in total. The van der Waals surface area contributed by atoms with E-state index >= 15 is 0 Å². The van der Waals surface area contributed by atoms with Gasteiger partial charge < -0.3 is 25.0 Å². The van der Waals surface area contributed by atoms with Crippen molar-refractivity contribution in [2.45, 2.75) is 13.1 Å². The maximum absolute atomic E-state index is 11.7. The number of aliphatic imine (C=N–C) groups is 1. The smallest absolute Gasteiger partial charge is 0.251 e. The van der Waals surface area contributed by atoms with Crippen molar-refractivity contribution in [3.8, 4) is 11.5 Å². The summed E-state index contributed by atoms with van der Waals surface area (Å²) >= 11 is 0. The van der Waals surface area contributed by atoms with E-state index in [0.717, 1.165) is 61.3 Å². The number of amides is 1. The van der Waals surface area contributed by atoms with E-state index < -0.39 is 0 Å². The lowest BCUT2D eigenvalue weighted by atomic mass is 10.1. The van der Waals surface area contributed by atoms with Crippen LogP contribution in [0.25, 0.3) is 0 Å². The molecule has 0 saturated carbocycles. The third kappa shape index (κ3) is 7.23. The molecule has 1 fully saturated rings. The second kappa shape index (κ2) is 13.2. The number of carbonyl (C=O) groups excluding carboxylic acids is 1. The molecule has 1 aliphatic heterocycles. The van der Waals surface area contributed by atoms with Crippen molar-refractivity contribution in [3.05, 3.63) is 59.2 Å². The van der Waals surface area contributed by atoms with Crippen molar-refractivity contribution in [2.24, 2.45) is 4.99 Å². The molecule has 1 saturated heterocycles. The van der Waals surface area contributed by atoms with Crippen LogP contribution in [0.4, 0.5) is 0 Å². The number of benzene rings is 2. The van der Waals surface area contributed by atoms with E-state index in [9.17, 15) is 4.79 Å². The lowest BCUT2D eigenvalue weighted by Gasteiger charge is -2.36. The van der Waals surface area contributed by atoms with Gasteiger partial charge in [0.1, 0.15) is 11.5 Å². The Morgan fingerprint density at radius 2 is 1.73 bits per heavy atom. The van der Waals surface area contributed by atoms with Crippen LogP contribution in [-0.4, -0.2) is 76.2 Å². The van der Waals surface area contributed by atoms with Gasteiger partial charge in [-0.2, -0.15) is 0 Å². The van der Waals surface area contributed by atoms with E-state index in [0.29, 0.717) is 12.1 Å². The fourth-order valence-electron chi connectivity index (χ4n) is 3.80. The molecule has 3 rings (SSSR count). The molecule has 2 aromatic rings. The van der Waals surface area contributed by atoms with E-state index in [2.05, 4.69) is 25.4 Å². The number of methoxy groups -OCH3 is 2. The van der Waals surface area contributed by atoms with Crippen molar-refractivity contribution in [1.82, 2.24) is 20.4 Å². The first-order chi connectivity index (χ1) is 15.6. The standard InChI is InChI=1S/C24H33N5O3.HI/c1-25-23(30)19-7-5-18(6-8-19)16-27-24(26-2)29-13-11-28(12-14-29)17-20-15-21(31-3)9-10-22(20)32-4;/h5-10,15H,11-14,16-17H2,1-4H3,(H,25,30)(H,26,27);1H. The van der Waals surface area contributed by atoms with Gasteiger partial charge >= 0.3 is 0 Å². The predicted molar refractivity (Wildman–Crippen MR) is 142 cm³/mol. The zero-order valence-corrected chi connectivity index (χ0v) is 22.1. The molecule has 0 radical (unpaired) electrons. The predicted octanol–water partition coefficient (Wildman–Crippen LogP) is 2.57. The Morgan fingerprint density at radius 3 is 2.30 bits per heavy atom. The van der Waals surface area contributed by atoms with Crippen molar-refractivity contribution >= 4 is 35.8 Å². The van der Waals surface area contributed by atoms with Crippen LogP contribution in [-0.2, 0) is 13.1 Å². The van der Waals surface area contributed by atoms with E-state index in [1.165, 1.54) is 0 Å². The number of hydrogen-bond acceptors (Lipinski definition) is 5. The van der Waals surface area contributed by atoms with Gasteiger partial charge in [-0.05, 0) is 35.9 Å². The number of halogens is 1. The Morgan fingerprint density at radius 1 is 1.03 bits per heavy atom. The molecular formula is C24H34IN5O3. The van der Waals surface area contributed by atoms with Gasteiger partial charge in [0.05, 0.1) is 14.2 Å². The Labute approximate surface area is 213 Å². The van der Waals surface area contributed by atoms with Gasteiger partial charge in [0, 0.05) is 64.5 Å². The van der Waals surface area contributed by atoms with Crippen LogP contribution in [0.1, 0.15) is 21.5 Å². The third-order valence-corrected chi connectivity index (χ3v) is 5.66. The summed E-state index contributed by atoms with van der Waals surface area (Å²) in [6.45, 7) is 5.12. The number of rotatable bonds is 7. The molecule has 0 atom stereocenters. The van der Waals surface area contributed by atoms with Crippen molar-refractivity contribution in [2.75, 3.05) is 54.5 Å². The number of ether oxygens (including phenoxy) is 2. The molecular weight excluding hydrogens is 533 g/mol. The summed E-state index contributed by atoms with van der Waals surface area (Å²) in [4.78, 5) is 20.8. The minimum atomic E-state index is -0.0789. The number of piperazine rings is 1. The Kier molecular flexibility index (Phi) is 10.7. The number of nitrogens with one attached hydrogen (secondary N) is 2. The highest BCUT2D eigenvalue weighted by Crippen LogP contribution is 2.25. The van der Waals surface area contributed by atoms with Gasteiger partial charge in [-0.25, -0.2) is 0 Å². The summed E-state index contributed by atoms with van der Waals surface area (Å²) in [6, 6.07) is 13.5. The maximum Gasteiger partial charge on any atom is 0.251 e. The molecule has 0 unspecified atom stereocenters. The van der Waals surface area contributed by atoms with Crippen molar-refractivity contribution < 1.29 is 14.3 Å². The van der Waals surface area contributed by atoms with Gasteiger partial charge in [0.25, 0.3) is 5.91 Å². The number of nitrogens with zero attached hydrogens (tertiary/aromatic N) is 3. The first-order valence-electron chi connectivity index (χ1n) is 10.8. The average Bonchev–Trinajstić information content (AvgIpc) is 2.85. The molecule has 2 N–H and O–H groups in total. The van der Waals surface area contributed by atoms with E-state index in [-0.39, 0.29) is 29.9 Å². The minimum Gasteiger partial charge on any atom is -0.497 e. The van der Waals surface area contributed by atoms with Gasteiger partial charge in [0.15, 0.2) is 5.96 Å². The summed E-state index contributed by atoms with van der Waals surface area (Å²) in [7, 11) is 6.82. The fourth-order valence-corrected chi connectivity index (χ4v) is 3.80. The number of guanidine groups is 1. The monoisotopic (exact) mass is 567 g/mol. The van der Waals surface area contributed by atoms with Crippen LogP contribution in [0, 0.1) is 0 Å². The summed E-state index contributed by atoms with van der Waals surface area (Å²) in [5.74, 6) is 2.53. The largest absolute Gasteiger partial charge is 0.497 e. The normalized spacial score (nSPS) is 14.3. The highest BCUT2D eigenvalue weighted by molar-refractivity contribution is 14.0. The molecule has 9 heteroatoms. The zero-order valence-electron chi connectivity index (χ0n) is 19.8. The highest BCUT2D eigenvalue weighted by Gasteiger charge is 2.21. The summed E-state index contributed by atoms with van der Waals surface area (Å²) in [5, 5.41) is 6.07. The molecule has 0 aromatic heterocycles. The molecule has 1 heterocycles. The SMILES string of the molecule is CN=C(NCc1ccc(C(=O)NC)cc1)N1CCN(Cc2cc(OC)ccc2OC)CC1.I. The second-order valence-corrected chi connectivity index (χ2v) is 7.62. The quantitative estimate of drug-likeness (QED) is 0.305. The van der Waals surface area contributed by atoms with Crippen LogP contribution < -0.4 is 20.1 Å². The minimum absolute atomic E-state index is 0. The Hall–Kier alpha value is -2.53. The lowest BCUT2D eigenvalue weighted by molar-refractivity contribution is 0.0963. The van der Waals surface area contributed by atoms with Gasteiger partial charge in [-0.3, -0.25) is 14.7 Å². The first-order valence-corrected chi connectivity index (χ1v) is 10.8. The van der Waals surface area contributed by atoms with Crippen LogP contribution in [0.15, 0.2) is 47.5 Å². The van der Waals surface area contributed by atoms with Crippen LogP contribution in [0.3, 0.4) is 0 Å². The van der Waals surface area contributed by atoms with E-state index in [4.69, 9.17) is 9.47 Å². The Bertz CT molecular complexity index is 928. The molecule has 0 aliphatic carbocycles. The van der Waals surface area contributed by atoms with Gasteiger partial charge in [0.2, 0.25) is 0 Å². The second-order valence-electron chi connectivity index (χ2n) is 7.62. The topological polar surface area (TPSA) is 78.4 Å². The molecule has 2 aromatic carbocycles. The highest BCUT2D eigenvalue weighted by atomic mass is 127. The first kappa shape index (κ1) is 26.7. The summed E-state index contributed by atoms with van der Waals surface area (Å²) < 4.78 is 10.9. The molecule has 33 heavy (non-hydrogen) atoms. The maximum atomic E-state index is 11.7. The average molecular weight is 567 g/mol. The lowest BCUT2D eigenvalue weighted by Crippen LogP contribution is -2.52. The summed E-state index contributed by atoms with van der Waals surface area (Å²) in [6.07, 6.45) is 0. The molecule has 0 bridgehead atoms. The van der Waals surface area contributed by atoms with Gasteiger partial charge in [-0.15, -0.1) is 24.0 Å². The van der Waals surface area contributed by atoms with E-state index in [1.54, 1.807) is 21.3 Å². The third-order valence-electron chi connectivity index (χ3n) is 5.66.